The molecule has 2 rings (SSSR count). The van der Waals surface area contributed by atoms with Gasteiger partial charge in [-0.1, -0.05) is 13.8 Å². The number of piperazine rings is 1. The third-order valence-corrected chi connectivity index (χ3v) is 3.89. The molecular weight excluding hydrogens is 313 g/mol. The quantitative estimate of drug-likeness (QED) is 0.831. The lowest BCUT2D eigenvalue weighted by Crippen LogP contribution is -2.59. The van der Waals surface area contributed by atoms with Crippen LogP contribution in [-0.4, -0.2) is 73.7 Å². The fourth-order valence-corrected chi connectivity index (χ4v) is 2.87. The van der Waals surface area contributed by atoms with Crippen molar-refractivity contribution in [1.82, 2.24) is 15.1 Å². The number of amides is 1. The predicted molar refractivity (Wildman–Crippen MR) is 89.6 cm³/mol. The molecule has 2 aliphatic rings. The molecular formula is C14H29Cl2N3O2. The van der Waals surface area contributed by atoms with Crippen molar-refractivity contribution in [2.75, 3.05) is 45.9 Å². The van der Waals surface area contributed by atoms with Crippen molar-refractivity contribution in [3.05, 3.63) is 0 Å². The standard InChI is InChI=1S/C14H27N3O2.2ClH/c1-11(2)10-16-5-7-17(8-6-16)14(18)13-12(3)19-9-4-15-13;;/h11-13,15H,4-10H2,1-3H3;2*1H/t12-,13+;;/m1../s1. The third kappa shape index (κ3) is 5.91. The number of hydrogen-bond donors (Lipinski definition) is 1. The summed E-state index contributed by atoms with van der Waals surface area (Å²) in [7, 11) is 0. The van der Waals surface area contributed by atoms with Gasteiger partial charge in [0, 0.05) is 39.3 Å². The largest absolute Gasteiger partial charge is 0.375 e. The van der Waals surface area contributed by atoms with Gasteiger partial charge >= 0.3 is 0 Å². The van der Waals surface area contributed by atoms with E-state index in [1.807, 2.05) is 11.8 Å². The number of carbonyl (C=O) groups is 1. The van der Waals surface area contributed by atoms with Crippen molar-refractivity contribution in [2.45, 2.75) is 32.9 Å². The summed E-state index contributed by atoms with van der Waals surface area (Å²) in [5.41, 5.74) is 0. The molecule has 0 saturated carbocycles. The molecule has 21 heavy (non-hydrogen) atoms. The Bertz CT molecular complexity index is 311. The van der Waals surface area contributed by atoms with E-state index < -0.39 is 0 Å². The first-order chi connectivity index (χ1) is 9.08. The molecule has 0 aromatic rings. The van der Waals surface area contributed by atoms with Crippen LogP contribution >= 0.6 is 24.8 Å². The number of rotatable bonds is 3. The molecule has 2 saturated heterocycles. The second kappa shape index (κ2) is 9.85. The maximum absolute atomic E-state index is 12.5. The van der Waals surface area contributed by atoms with Gasteiger partial charge in [-0.2, -0.15) is 0 Å². The van der Waals surface area contributed by atoms with Crippen molar-refractivity contribution in [3.8, 4) is 0 Å². The third-order valence-electron chi connectivity index (χ3n) is 3.89. The molecule has 2 heterocycles. The van der Waals surface area contributed by atoms with E-state index in [0.29, 0.717) is 12.5 Å². The lowest BCUT2D eigenvalue weighted by molar-refractivity contribution is -0.141. The average molecular weight is 342 g/mol. The lowest BCUT2D eigenvalue weighted by Gasteiger charge is -2.39. The first-order valence-electron chi connectivity index (χ1n) is 7.44. The minimum absolute atomic E-state index is 0. The smallest absolute Gasteiger partial charge is 0.242 e. The number of hydrogen-bond acceptors (Lipinski definition) is 4. The SMILES string of the molecule is CC(C)CN1CCN(C(=O)[C@H]2NCCO[C@@H]2C)CC1.Cl.Cl. The molecule has 0 spiro atoms. The summed E-state index contributed by atoms with van der Waals surface area (Å²) in [5.74, 6) is 0.895. The summed E-state index contributed by atoms with van der Waals surface area (Å²) in [4.78, 5) is 16.9. The minimum Gasteiger partial charge on any atom is -0.375 e. The van der Waals surface area contributed by atoms with Gasteiger partial charge in [0.2, 0.25) is 5.91 Å². The van der Waals surface area contributed by atoms with Gasteiger partial charge in [0.1, 0.15) is 6.04 Å². The normalized spacial score (nSPS) is 27.0. The average Bonchev–Trinajstić information content (AvgIpc) is 2.39. The van der Waals surface area contributed by atoms with Crippen molar-refractivity contribution in [2.24, 2.45) is 5.92 Å². The van der Waals surface area contributed by atoms with Gasteiger partial charge in [0.15, 0.2) is 0 Å². The molecule has 1 amide bonds. The molecule has 2 aliphatic heterocycles. The van der Waals surface area contributed by atoms with Gasteiger partial charge in [-0.25, -0.2) is 0 Å². The van der Waals surface area contributed by atoms with E-state index in [1.165, 1.54) is 0 Å². The number of ether oxygens (including phenoxy) is 1. The van der Waals surface area contributed by atoms with E-state index in [4.69, 9.17) is 4.74 Å². The molecule has 5 nitrogen and oxygen atoms in total. The molecule has 0 radical (unpaired) electrons. The first kappa shape index (κ1) is 20.9. The van der Waals surface area contributed by atoms with E-state index in [0.717, 1.165) is 39.3 Å². The van der Waals surface area contributed by atoms with Crippen LogP contribution in [0, 0.1) is 5.92 Å². The van der Waals surface area contributed by atoms with E-state index in [2.05, 4.69) is 24.1 Å². The summed E-state index contributed by atoms with van der Waals surface area (Å²) >= 11 is 0. The zero-order chi connectivity index (χ0) is 13.8. The van der Waals surface area contributed by atoms with Crippen molar-refractivity contribution in [1.29, 1.82) is 0 Å². The fourth-order valence-electron chi connectivity index (χ4n) is 2.87. The molecule has 0 bridgehead atoms. The zero-order valence-corrected chi connectivity index (χ0v) is 14.8. The van der Waals surface area contributed by atoms with Crippen molar-refractivity contribution >= 4 is 30.7 Å². The van der Waals surface area contributed by atoms with Crippen LogP contribution in [0.15, 0.2) is 0 Å². The summed E-state index contributed by atoms with van der Waals surface area (Å²) in [6.45, 7) is 12.7. The summed E-state index contributed by atoms with van der Waals surface area (Å²) in [6.07, 6.45) is -0.0186. The molecule has 126 valence electrons. The Labute approximate surface area is 140 Å². The number of halogens is 2. The second-order valence-electron chi connectivity index (χ2n) is 6.03. The fraction of sp³-hybridized carbons (Fsp3) is 0.929. The van der Waals surface area contributed by atoms with Crippen molar-refractivity contribution in [3.63, 3.8) is 0 Å². The summed E-state index contributed by atoms with van der Waals surface area (Å²) in [5, 5.41) is 3.28. The molecule has 1 N–H and O–H groups in total. The Kier molecular flexibility index (Phi) is 9.81. The first-order valence-corrected chi connectivity index (χ1v) is 7.44. The Morgan fingerprint density at radius 1 is 1.24 bits per heavy atom. The zero-order valence-electron chi connectivity index (χ0n) is 13.2. The van der Waals surface area contributed by atoms with Crippen molar-refractivity contribution < 1.29 is 9.53 Å². The Hall–Kier alpha value is -0.0700. The molecule has 0 aromatic heterocycles. The van der Waals surface area contributed by atoms with E-state index in [9.17, 15) is 4.79 Å². The van der Waals surface area contributed by atoms with Crippen LogP contribution < -0.4 is 5.32 Å². The number of carbonyl (C=O) groups excluding carboxylic acids is 1. The van der Waals surface area contributed by atoms with Gasteiger partial charge < -0.3 is 15.0 Å². The minimum atomic E-state index is -0.162. The molecule has 0 aromatic carbocycles. The van der Waals surface area contributed by atoms with Crippen LogP contribution in [0.3, 0.4) is 0 Å². The topological polar surface area (TPSA) is 44.8 Å². The van der Waals surface area contributed by atoms with Gasteiger partial charge in [-0.3, -0.25) is 9.69 Å². The number of nitrogens with zero attached hydrogens (tertiary/aromatic N) is 2. The highest BCUT2D eigenvalue weighted by Gasteiger charge is 2.33. The van der Waals surface area contributed by atoms with E-state index in [-0.39, 0.29) is 42.9 Å². The Morgan fingerprint density at radius 3 is 2.38 bits per heavy atom. The highest BCUT2D eigenvalue weighted by atomic mass is 35.5. The molecule has 7 heteroatoms. The number of nitrogens with one attached hydrogen (secondary N) is 1. The van der Waals surface area contributed by atoms with Crippen LogP contribution in [0.25, 0.3) is 0 Å². The van der Waals surface area contributed by atoms with Crippen LogP contribution in [0.1, 0.15) is 20.8 Å². The highest BCUT2D eigenvalue weighted by molar-refractivity contribution is 5.85. The van der Waals surface area contributed by atoms with Gasteiger partial charge in [0.05, 0.1) is 12.7 Å². The van der Waals surface area contributed by atoms with Crippen LogP contribution in [0.5, 0.6) is 0 Å². The Balaban J connectivity index is 0.00000200. The Morgan fingerprint density at radius 2 is 1.86 bits per heavy atom. The summed E-state index contributed by atoms with van der Waals surface area (Å²) < 4.78 is 5.56. The number of morpholine rings is 1. The van der Waals surface area contributed by atoms with Gasteiger partial charge in [0.25, 0.3) is 0 Å². The molecule has 2 fully saturated rings. The summed E-state index contributed by atoms with van der Waals surface area (Å²) in [6, 6.07) is -0.162. The van der Waals surface area contributed by atoms with Crippen LogP contribution in [0.4, 0.5) is 0 Å². The second-order valence-corrected chi connectivity index (χ2v) is 6.03. The highest BCUT2D eigenvalue weighted by Crippen LogP contribution is 2.11. The monoisotopic (exact) mass is 341 g/mol. The predicted octanol–water partition coefficient (Wildman–Crippen LogP) is 1.01. The molecule has 0 unspecified atom stereocenters. The van der Waals surface area contributed by atoms with Gasteiger partial charge in [-0.15, -0.1) is 24.8 Å². The van der Waals surface area contributed by atoms with E-state index >= 15 is 0 Å². The van der Waals surface area contributed by atoms with Gasteiger partial charge in [-0.05, 0) is 12.8 Å². The van der Waals surface area contributed by atoms with Crippen LogP contribution in [-0.2, 0) is 9.53 Å². The maximum Gasteiger partial charge on any atom is 0.242 e. The van der Waals surface area contributed by atoms with Crippen LogP contribution in [0.2, 0.25) is 0 Å². The molecule has 2 atom stereocenters. The van der Waals surface area contributed by atoms with E-state index in [1.54, 1.807) is 0 Å². The lowest BCUT2D eigenvalue weighted by atomic mass is 10.1. The maximum atomic E-state index is 12.5. The molecule has 0 aliphatic carbocycles.